The number of nitrogens with two attached hydrogens (primary N) is 1. The summed E-state index contributed by atoms with van der Waals surface area (Å²) in [4.78, 5) is 12.7. The van der Waals surface area contributed by atoms with Crippen LogP contribution in [0.25, 0.3) is 0 Å². The molecule has 0 fully saturated rings. The standard InChI is InChI=1S/C23H28F3N3O3/c1-22(2,3)13-10-15(20(27)23(24,25)26)19(32-4)17(11-13)29-21(31)28-16-9-12-7-5-6-8-14(12)18(16)30/h5-8,10-11,16,18,20,30H,9,27H2,1-4H3,(H2,28,29,31)/t16-,18+,20-/m1/s1. The van der Waals surface area contributed by atoms with E-state index in [1.165, 1.54) is 13.2 Å². The van der Waals surface area contributed by atoms with Crippen molar-refractivity contribution >= 4 is 11.7 Å². The molecule has 0 bridgehead atoms. The number of methoxy groups -OCH3 is 1. The van der Waals surface area contributed by atoms with Crippen molar-refractivity contribution in [2.45, 2.75) is 57.0 Å². The summed E-state index contributed by atoms with van der Waals surface area (Å²) in [5.74, 6) is -0.159. The Morgan fingerprint density at radius 3 is 2.44 bits per heavy atom. The van der Waals surface area contributed by atoms with Crippen molar-refractivity contribution in [2.24, 2.45) is 5.73 Å². The van der Waals surface area contributed by atoms with E-state index >= 15 is 0 Å². The third-order valence-corrected chi connectivity index (χ3v) is 5.63. The minimum absolute atomic E-state index is 0.0668. The van der Waals surface area contributed by atoms with Gasteiger partial charge in [0.15, 0.2) is 0 Å². The number of ether oxygens (including phenoxy) is 1. The van der Waals surface area contributed by atoms with Gasteiger partial charge in [0, 0.05) is 5.56 Å². The fourth-order valence-electron chi connectivity index (χ4n) is 3.84. The van der Waals surface area contributed by atoms with E-state index in [0.717, 1.165) is 11.1 Å². The van der Waals surface area contributed by atoms with Gasteiger partial charge in [0.2, 0.25) is 0 Å². The Morgan fingerprint density at radius 1 is 1.22 bits per heavy atom. The number of hydrogen-bond acceptors (Lipinski definition) is 4. The summed E-state index contributed by atoms with van der Waals surface area (Å²) in [6.07, 6.45) is -5.13. The Balaban J connectivity index is 1.90. The molecule has 6 nitrogen and oxygen atoms in total. The lowest BCUT2D eigenvalue weighted by Gasteiger charge is -2.27. The van der Waals surface area contributed by atoms with Crippen LogP contribution in [0.1, 0.15) is 55.2 Å². The van der Waals surface area contributed by atoms with Gasteiger partial charge in [0.1, 0.15) is 11.8 Å². The number of halogens is 3. The van der Waals surface area contributed by atoms with Crippen LogP contribution in [0.3, 0.4) is 0 Å². The van der Waals surface area contributed by atoms with Gasteiger partial charge in [-0.15, -0.1) is 0 Å². The van der Waals surface area contributed by atoms with Gasteiger partial charge in [-0.05, 0) is 40.7 Å². The van der Waals surface area contributed by atoms with Gasteiger partial charge in [-0.1, -0.05) is 45.0 Å². The van der Waals surface area contributed by atoms with E-state index < -0.39 is 35.8 Å². The topological polar surface area (TPSA) is 96.6 Å². The van der Waals surface area contributed by atoms with Gasteiger partial charge >= 0.3 is 12.2 Å². The van der Waals surface area contributed by atoms with Crippen LogP contribution < -0.4 is 21.1 Å². The predicted octanol–water partition coefficient (Wildman–Crippen LogP) is 4.33. The lowest BCUT2D eigenvalue weighted by atomic mass is 9.84. The van der Waals surface area contributed by atoms with Crippen LogP contribution in [0.4, 0.5) is 23.7 Å². The molecule has 0 radical (unpaired) electrons. The Labute approximate surface area is 185 Å². The number of anilines is 1. The van der Waals surface area contributed by atoms with E-state index in [0.29, 0.717) is 12.0 Å². The van der Waals surface area contributed by atoms with Gasteiger partial charge in [-0.2, -0.15) is 13.2 Å². The number of rotatable bonds is 4. The SMILES string of the molecule is COc1c(NC(=O)N[C@@H]2Cc3ccccc3[C@@H]2O)cc(C(C)(C)C)cc1[C@@H](N)C(F)(F)F. The molecular weight excluding hydrogens is 423 g/mol. The number of amides is 2. The van der Waals surface area contributed by atoms with Gasteiger partial charge < -0.3 is 26.2 Å². The molecule has 5 N–H and O–H groups in total. The molecule has 3 rings (SSSR count). The highest BCUT2D eigenvalue weighted by molar-refractivity contribution is 5.92. The molecule has 0 saturated carbocycles. The first kappa shape index (κ1) is 23.9. The van der Waals surface area contributed by atoms with Crippen molar-refractivity contribution < 1.29 is 27.8 Å². The van der Waals surface area contributed by atoms with Crippen molar-refractivity contribution in [3.63, 3.8) is 0 Å². The monoisotopic (exact) mass is 451 g/mol. The van der Waals surface area contributed by atoms with Crippen LogP contribution in [-0.2, 0) is 11.8 Å². The first-order chi connectivity index (χ1) is 14.8. The van der Waals surface area contributed by atoms with Crippen LogP contribution in [0, 0.1) is 0 Å². The van der Waals surface area contributed by atoms with Crippen molar-refractivity contribution in [2.75, 3.05) is 12.4 Å². The molecule has 2 aromatic carbocycles. The Kier molecular flexibility index (Phi) is 6.44. The maximum atomic E-state index is 13.4. The van der Waals surface area contributed by atoms with E-state index in [1.54, 1.807) is 18.2 Å². The molecule has 32 heavy (non-hydrogen) atoms. The van der Waals surface area contributed by atoms with Crippen molar-refractivity contribution in [3.05, 3.63) is 58.7 Å². The second-order valence-electron chi connectivity index (χ2n) is 8.97. The zero-order chi connectivity index (χ0) is 23.8. The van der Waals surface area contributed by atoms with Crippen LogP contribution in [0.15, 0.2) is 36.4 Å². The number of alkyl halides is 3. The average molecular weight is 451 g/mol. The second kappa shape index (κ2) is 8.63. The van der Waals surface area contributed by atoms with Gasteiger partial charge in [0.25, 0.3) is 0 Å². The first-order valence-corrected chi connectivity index (χ1v) is 10.2. The Hall–Kier alpha value is -2.78. The molecule has 2 aromatic rings. The lowest BCUT2D eigenvalue weighted by molar-refractivity contribution is -0.149. The van der Waals surface area contributed by atoms with Gasteiger partial charge in [0.05, 0.1) is 24.9 Å². The maximum absolute atomic E-state index is 13.4. The zero-order valence-corrected chi connectivity index (χ0v) is 18.4. The molecule has 9 heteroatoms. The number of aliphatic hydroxyl groups is 1. The molecule has 3 atom stereocenters. The van der Waals surface area contributed by atoms with Crippen LogP contribution in [-0.4, -0.2) is 30.5 Å². The molecule has 0 saturated heterocycles. The minimum atomic E-state index is -4.69. The second-order valence-corrected chi connectivity index (χ2v) is 8.97. The summed E-state index contributed by atoms with van der Waals surface area (Å²) >= 11 is 0. The highest BCUT2D eigenvalue weighted by atomic mass is 19.4. The molecular formula is C23H28F3N3O3. The summed E-state index contributed by atoms with van der Waals surface area (Å²) in [6.45, 7) is 5.52. The number of urea groups is 1. The third kappa shape index (κ3) is 4.83. The molecule has 1 aliphatic carbocycles. The third-order valence-electron chi connectivity index (χ3n) is 5.63. The highest BCUT2D eigenvalue weighted by Gasteiger charge is 2.41. The molecule has 0 aromatic heterocycles. The molecule has 1 aliphatic rings. The fraction of sp³-hybridized carbons (Fsp3) is 0.435. The minimum Gasteiger partial charge on any atom is -0.494 e. The lowest BCUT2D eigenvalue weighted by Crippen LogP contribution is -2.40. The molecule has 0 heterocycles. The predicted molar refractivity (Wildman–Crippen MR) is 116 cm³/mol. The average Bonchev–Trinajstić information content (AvgIpc) is 3.01. The first-order valence-electron chi connectivity index (χ1n) is 10.2. The van der Waals surface area contributed by atoms with Gasteiger partial charge in [-0.25, -0.2) is 4.79 Å². The molecule has 174 valence electrons. The van der Waals surface area contributed by atoms with E-state index in [4.69, 9.17) is 10.5 Å². The Bertz CT molecular complexity index is 1000. The quantitative estimate of drug-likeness (QED) is 0.556. The van der Waals surface area contributed by atoms with Crippen molar-refractivity contribution in [1.82, 2.24) is 5.32 Å². The van der Waals surface area contributed by atoms with E-state index in [1.807, 2.05) is 32.9 Å². The maximum Gasteiger partial charge on any atom is 0.407 e. The molecule has 0 aliphatic heterocycles. The summed E-state index contributed by atoms with van der Waals surface area (Å²) in [7, 11) is 1.22. The number of fused-ring (bicyclic) bond motifs is 1. The van der Waals surface area contributed by atoms with Crippen LogP contribution in [0.2, 0.25) is 0 Å². The summed E-state index contributed by atoms with van der Waals surface area (Å²) in [6, 6.07) is 6.73. The number of hydrogen-bond donors (Lipinski definition) is 4. The summed E-state index contributed by atoms with van der Waals surface area (Å²) in [5, 5.41) is 15.8. The van der Waals surface area contributed by atoms with Crippen LogP contribution >= 0.6 is 0 Å². The number of benzene rings is 2. The highest BCUT2D eigenvalue weighted by Crippen LogP contribution is 2.42. The number of carbonyl (C=O) groups is 1. The fourth-order valence-corrected chi connectivity index (χ4v) is 3.84. The zero-order valence-electron chi connectivity index (χ0n) is 18.4. The Morgan fingerprint density at radius 2 is 1.88 bits per heavy atom. The molecule has 2 amide bonds. The number of aliphatic hydroxyl groups excluding tert-OH is 1. The van der Waals surface area contributed by atoms with E-state index in [2.05, 4.69) is 10.6 Å². The summed E-state index contributed by atoms with van der Waals surface area (Å²) < 4.78 is 45.5. The smallest absolute Gasteiger partial charge is 0.407 e. The normalized spacial score (nSPS) is 19.3. The van der Waals surface area contributed by atoms with Crippen molar-refractivity contribution in [3.8, 4) is 5.75 Å². The number of nitrogens with one attached hydrogen (secondary N) is 2. The van der Waals surface area contributed by atoms with Crippen LogP contribution in [0.5, 0.6) is 5.75 Å². The largest absolute Gasteiger partial charge is 0.494 e. The van der Waals surface area contributed by atoms with Gasteiger partial charge in [-0.3, -0.25) is 0 Å². The van der Waals surface area contributed by atoms with Crippen molar-refractivity contribution in [1.29, 1.82) is 0 Å². The number of carbonyl (C=O) groups excluding carboxylic acids is 1. The van der Waals surface area contributed by atoms with E-state index in [-0.39, 0.29) is 17.0 Å². The molecule has 0 unspecified atom stereocenters. The molecule has 0 spiro atoms. The van der Waals surface area contributed by atoms with E-state index in [9.17, 15) is 23.1 Å². The summed E-state index contributed by atoms with van der Waals surface area (Å²) in [5.41, 5.74) is 7.00.